The van der Waals surface area contributed by atoms with Crippen molar-refractivity contribution in [3.05, 3.63) is 24.3 Å². The summed E-state index contributed by atoms with van der Waals surface area (Å²) in [6, 6.07) is 6.77. The minimum Gasteiger partial charge on any atom is -0.385 e. The minimum absolute atomic E-state index is 0.219. The van der Waals surface area contributed by atoms with Gasteiger partial charge < -0.3 is 10.1 Å². The zero-order valence-corrected chi connectivity index (χ0v) is 13.9. The van der Waals surface area contributed by atoms with E-state index in [2.05, 4.69) is 10.0 Å². The second-order valence-corrected chi connectivity index (χ2v) is 6.85. The molecule has 120 valence electrons. The fourth-order valence-corrected chi connectivity index (χ4v) is 2.87. The SMILES string of the molecule is CCNc1ccc(S(=O)(=O)NCCCCOC(C)C)cc1. The molecule has 0 saturated carbocycles. The zero-order chi connectivity index (χ0) is 15.7. The van der Waals surface area contributed by atoms with Crippen molar-refractivity contribution in [2.45, 2.75) is 44.6 Å². The Morgan fingerprint density at radius 1 is 1.14 bits per heavy atom. The lowest BCUT2D eigenvalue weighted by atomic mass is 10.3. The van der Waals surface area contributed by atoms with Crippen LogP contribution in [0.1, 0.15) is 33.6 Å². The molecule has 21 heavy (non-hydrogen) atoms. The van der Waals surface area contributed by atoms with Crippen molar-refractivity contribution in [3.8, 4) is 0 Å². The van der Waals surface area contributed by atoms with Crippen LogP contribution in [0, 0.1) is 0 Å². The topological polar surface area (TPSA) is 67.4 Å². The summed E-state index contributed by atoms with van der Waals surface area (Å²) < 4.78 is 32.2. The van der Waals surface area contributed by atoms with Crippen LogP contribution in [-0.2, 0) is 14.8 Å². The molecule has 5 nitrogen and oxygen atoms in total. The van der Waals surface area contributed by atoms with Crippen molar-refractivity contribution in [2.75, 3.05) is 25.0 Å². The van der Waals surface area contributed by atoms with Crippen molar-refractivity contribution in [1.82, 2.24) is 4.72 Å². The first-order valence-corrected chi connectivity index (χ1v) is 8.89. The fourth-order valence-electron chi connectivity index (χ4n) is 1.79. The molecule has 0 aliphatic heterocycles. The Morgan fingerprint density at radius 3 is 2.38 bits per heavy atom. The zero-order valence-electron chi connectivity index (χ0n) is 13.1. The summed E-state index contributed by atoms with van der Waals surface area (Å²) in [5, 5.41) is 3.13. The number of nitrogens with one attached hydrogen (secondary N) is 2. The van der Waals surface area contributed by atoms with E-state index in [0.29, 0.717) is 18.0 Å². The van der Waals surface area contributed by atoms with Crippen LogP contribution >= 0.6 is 0 Å². The van der Waals surface area contributed by atoms with E-state index in [1.54, 1.807) is 24.3 Å². The highest BCUT2D eigenvalue weighted by Gasteiger charge is 2.12. The van der Waals surface area contributed by atoms with Gasteiger partial charge in [0.25, 0.3) is 0 Å². The third-order valence-electron chi connectivity index (χ3n) is 2.86. The Balaban J connectivity index is 2.39. The first-order chi connectivity index (χ1) is 9.95. The average molecular weight is 314 g/mol. The van der Waals surface area contributed by atoms with E-state index in [-0.39, 0.29) is 6.10 Å². The maximum Gasteiger partial charge on any atom is 0.240 e. The molecular formula is C15H26N2O3S. The molecule has 0 spiro atoms. The second-order valence-electron chi connectivity index (χ2n) is 5.08. The highest BCUT2D eigenvalue weighted by molar-refractivity contribution is 7.89. The predicted octanol–water partition coefficient (Wildman–Crippen LogP) is 2.60. The summed E-state index contributed by atoms with van der Waals surface area (Å²) >= 11 is 0. The van der Waals surface area contributed by atoms with E-state index in [1.807, 2.05) is 20.8 Å². The van der Waals surface area contributed by atoms with E-state index in [9.17, 15) is 8.42 Å². The standard InChI is InChI=1S/C15H26N2O3S/c1-4-16-14-7-9-15(10-8-14)21(18,19)17-11-5-6-12-20-13(2)3/h7-10,13,16-17H,4-6,11-12H2,1-3H3. The molecule has 0 aliphatic rings. The van der Waals surface area contributed by atoms with Crippen molar-refractivity contribution in [1.29, 1.82) is 0 Å². The lowest BCUT2D eigenvalue weighted by Gasteiger charge is -2.09. The number of rotatable bonds is 10. The molecule has 0 aliphatic carbocycles. The first kappa shape index (κ1) is 17.9. The molecule has 0 amide bonds. The van der Waals surface area contributed by atoms with E-state index < -0.39 is 10.0 Å². The highest BCUT2D eigenvalue weighted by Crippen LogP contribution is 2.13. The van der Waals surface area contributed by atoms with Crippen LogP contribution in [0.5, 0.6) is 0 Å². The molecule has 1 rings (SSSR count). The third kappa shape index (κ3) is 6.93. The van der Waals surface area contributed by atoms with E-state index in [4.69, 9.17) is 4.74 Å². The molecule has 0 bridgehead atoms. The Labute approximate surface area is 128 Å². The summed E-state index contributed by atoms with van der Waals surface area (Å²) in [7, 11) is -3.41. The molecule has 1 aromatic carbocycles. The second kappa shape index (κ2) is 9.02. The summed E-state index contributed by atoms with van der Waals surface area (Å²) in [4.78, 5) is 0.294. The monoisotopic (exact) mass is 314 g/mol. The first-order valence-electron chi connectivity index (χ1n) is 7.41. The third-order valence-corrected chi connectivity index (χ3v) is 4.34. The van der Waals surface area contributed by atoms with Gasteiger partial charge in [0, 0.05) is 25.4 Å². The maximum absolute atomic E-state index is 12.1. The van der Waals surface area contributed by atoms with Crippen molar-refractivity contribution in [3.63, 3.8) is 0 Å². The number of hydrogen-bond acceptors (Lipinski definition) is 4. The Kier molecular flexibility index (Phi) is 7.71. The molecule has 0 fully saturated rings. The lowest BCUT2D eigenvalue weighted by Crippen LogP contribution is -2.25. The number of hydrogen-bond donors (Lipinski definition) is 2. The summed E-state index contributed by atoms with van der Waals surface area (Å²) in [6.45, 7) is 7.87. The normalized spacial score (nSPS) is 11.8. The number of ether oxygens (including phenoxy) is 1. The molecule has 0 unspecified atom stereocenters. The van der Waals surface area contributed by atoms with Crippen LogP contribution in [0.25, 0.3) is 0 Å². The summed E-state index contributed by atoms with van der Waals surface area (Å²) in [6.07, 6.45) is 1.83. The molecule has 0 heterocycles. The number of anilines is 1. The Hall–Kier alpha value is -1.11. The van der Waals surface area contributed by atoms with Gasteiger partial charge in [0.1, 0.15) is 0 Å². The summed E-state index contributed by atoms with van der Waals surface area (Å²) in [5.74, 6) is 0. The van der Waals surface area contributed by atoms with E-state index in [0.717, 1.165) is 25.1 Å². The summed E-state index contributed by atoms with van der Waals surface area (Å²) in [5.41, 5.74) is 0.919. The molecule has 1 aromatic rings. The van der Waals surface area contributed by atoms with Crippen LogP contribution < -0.4 is 10.0 Å². The minimum atomic E-state index is -3.41. The average Bonchev–Trinajstić information content (AvgIpc) is 2.43. The molecular weight excluding hydrogens is 288 g/mol. The molecule has 2 N–H and O–H groups in total. The number of benzene rings is 1. The number of sulfonamides is 1. The van der Waals surface area contributed by atoms with Gasteiger partial charge in [-0.1, -0.05) is 0 Å². The van der Waals surface area contributed by atoms with Crippen LogP contribution in [0.3, 0.4) is 0 Å². The molecule has 6 heteroatoms. The van der Waals surface area contributed by atoms with Crippen LogP contribution in [-0.4, -0.2) is 34.2 Å². The van der Waals surface area contributed by atoms with Crippen LogP contribution in [0.15, 0.2) is 29.2 Å². The highest BCUT2D eigenvalue weighted by atomic mass is 32.2. The van der Waals surface area contributed by atoms with Crippen molar-refractivity contribution in [2.24, 2.45) is 0 Å². The van der Waals surface area contributed by atoms with Gasteiger partial charge in [-0.25, -0.2) is 13.1 Å². The Bertz CT molecular complexity index is 498. The quantitative estimate of drug-likeness (QED) is 0.651. The largest absolute Gasteiger partial charge is 0.385 e. The van der Waals surface area contributed by atoms with Gasteiger partial charge >= 0.3 is 0 Å². The van der Waals surface area contributed by atoms with Gasteiger partial charge in [0.15, 0.2) is 0 Å². The fraction of sp³-hybridized carbons (Fsp3) is 0.600. The van der Waals surface area contributed by atoms with Crippen molar-refractivity contribution >= 4 is 15.7 Å². The van der Waals surface area contributed by atoms with E-state index >= 15 is 0 Å². The predicted molar refractivity (Wildman–Crippen MR) is 86.1 cm³/mol. The molecule has 0 aromatic heterocycles. The van der Waals surface area contributed by atoms with Crippen LogP contribution in [0.2, 0.25) is 0 Å². The number of unbranched alkanes of at least 4 members (excludes halogenated alkanes) is 1. The van der Waals surface area contributed by atoms with Gasteiger partial charge in [-0.15, -0.1) is 0 Å². The molecule has 0 atom stereocenters. The van der Waals surface area contributed by atoms with Gasteiger partial charge in [0.2, 0.25) is 10.0 Å². The van der Waals surface area contributed by atoms with Gasteiger partial charge in [-0.2, -0.15) is 0 Å². The van der Waals surface area contributed by atoms with Crippen LogP contribution in [0.4, 0.5) is 5.69 Å². The smallest absolute Gasteiger partial charge is 0.240 e. The lowest BCUT2D eigenvalue weighted by molar-refractivity contribution is 0.0762. The van der Waals surface area contributed by atoms with Gasteiger partial charge in [0.05, 0.1) is 11.0 Å². The molecule has 0 radical (unpaired) electrons. The maximum atomic E-state index is 12.1. The van der Waals surface area contributed by atoms with Crippen molar-refractivity contribution < 1.29 is 13.2 Å². The Morgan fingerprint density at radius 2 is 1.81 bits per heavy atom. The van der Waals surface area contributed by atoms with E-state index in [1.165, 1.54) is 0 Å². The van der Waals surface area contributed by atoms with Gasteiger partial charge in [-0.3, -0.25) is 0 Å². The molecule has 0 saturated heterocycles. The van der Waals surface area contributed by atoms with Gasteiger partial charge in [-0.05, 0) is 57.9 Å².